The van der Waals surface area contributed by atoms with Gasteiger partial charge in [-0.05, 0) is 66.7 Å². The average Bonchev–Trinajstić information content (AvgIpc) is 3.70. The highest BCUT2D eigenvalue weighted by Crippen LogP contribution is 2.48. The first-order valence-corrected chi connectivity index (χ1v) is 12.7. The molecule has 0 N–H and O–H groups in total. The van der Waals surface area contributed by atoms with E-state index in [1.165, 1.54) is 0 Å². The Kier molecular flexibility index (Phi) is 2.19. The molecule has 1 aromatic heterocycles. The minimum atomic E-state index is -0.972. The van der Waals surface area contributed by atoms with Crippen LogP contribution in [0.25, 0.3) is 87.6 Å². The fraction of sp³-hybridized carbons (Fsp3) is 0. The van der Waals surface area contributed by atoms with Gasteiger partial charge in [0.25, 0.3) is 0 Å². The summed E-state index contributed by atoms with van der Waals surface area (Å²) in [7, 11) is 0. The summed E-state index contributed by atoms with van der Waals surface area (Å²) in [4.78, 5) is 0. The lowest BCUT2D eigenvalue weighted by molar-refractivity contribution is 0.670. The van der Waals surface area contributed by atoms with E-state index in [0.717, 1.165) is 6.07 Å². The van der Waals surface area contributed by atoms with Crippen molar-refractivity contribution in [3.8, 4) is 33.4 Å². The van der Waals surface area contributed by atoms with Crippen molar-refractivity contribution in [2.45, 2.75) is 0 Å². The zero-order valence-electron chi connectivity index (χ0n) is 46.5. The SMILES string of the molecule is [2H]c1cc([2H])c(-c2c([2H])c([2H])c3c([2H])c([2H])c([2H])c([2H])c3c2[2H])c(-c2c3c([2H])c([2H])c([2H])c([2H])c3c(-c3c([2H])c([2H])c([2H])c4c3oc3c([2H])c([2H])c([2H])c([2H])c34)c3c([2H])c([2H])c([2H])c([2H])c23)c1[2H]. The number of hydrogen-bond donors (Lipinski definition) is 0. The molecule has 9 aromatic rings. The van der Waals surface area contributed by atoms with E-state index < -0.39 is 239 Å². The molecule has 0 spiro atoms. The number of rotatable bonds is 3. The van der Waals surface area contributed by atoms with E-state index in [2.05, 4.69) is 0 Å². The van der Waals surface area contributed by atoms with Crippen molar-refractivity contribution in [2.75, 3.05) is 0 Å². The molecule has 1 nitrogen and oxygen atoms in total. The van der Waals surface area contributed by atoms with Crippen molar-refractivity contribution in [3.63, 3.8) is 0 Å². The van der Waals surface area contributed by atoms with Crippen molar-refractivity contribution >= 4 is 54.3 Å². The summed E-state index contributed by atoms with van der Waals surface area (Å²) in [6.07, 6.45) is 0. The summed E-state index contributed by atoms with van der Waals surface area (Å²) in [6.45, 7) is 0. The van der Waals surface area contributed by atoms with E-state index in [1.54, 1.807) is 0 Å². The van der Waals surface area contributed by atoms with Gasteiger partial charge in [0.05, 0.1) is 34.3 Å². The molecule has 200 valence electrons. The second-order valence-corrected chi connectivity index (χ2v) is 9.32. The van der Waals surface area contributed by atoms with Crippen LogP contribution in [0.4, 0.5) is 0 Å². The van der Waals surface area contributed by atoms with E-state index in [9.17, 15) is 12.3 Å². The second kappa shape index (κ2) is 9.44. The van der Waals surface area contributed by atoms with Gasteiger partial charge in [-0.3, -0.25) is 0 Å². The van der Waals surface area contributed by atoms with Crippen molar-refractivity contribution in [1.29, 1.82) is 0 Å². The second-order valence-electron chi connectivity index (χ2n) is 9.32. The van der Waals surface area contributed by atoms with Crippen LogP contribution in [0.5, 0.6) is 0 Å². The highest BCUT2D eigenvalue weighted by atomic mass is 16.3. The van der Waals surface area contributed by atoms with E-state index >= 15 is 0 Å². The molecular formula is C42H26O. The fourth-order valence-electron chi connectivity index (χ4n) is 5.27. The van der Waals surface area contributed by atoms with Gasteiger partial charge in [0.15, 0.2) is 0 Å². The number of hydrogen-bond acceptors (Lipinski definition) is 1. The molecule has 1 heteroatoms. The van der Waals surface area contributed by atoms with E-state index in [4.69, 9.17) is 26.3 Å². The molecule has 0 radical (unpaired) electrons. The standard InChI is InChI=1S/C42H26O/c1-2-13-28-26-29(25-24-27(28)12-1)30-14-3-4-16-32(30)40-33-17-5-7-19-35(33)41(36-20-8-6-18-34(36)40)38-22-11-21-37-31-15-9-10-23-39(31)43-42(37)38/h1-26H/i1D,2D,4D,5D,6D,7D,8D,9D,10D,11D,12D,13D,14D,15D,16D,17D,18D,19D,20D,21D,22D,23D,24D,25D,26D. The molecule has 0 fully saturated rings. The maximum Gasteiger partial charge on any atom is 0.143 e. The van der Waals surface area contributed by atoms with Crippen LogP contribution in [-0.2, 0) is 0 Å². The van der Waals surface area contributed by atoms with Crippen LogP contribution in [0.1, 0.15) is 34.3 Å². The molecule has 43 heavy (non-hydrogen) atoms. The van der Waals surface area contributed by atoms with E-state index in [0.29, 0.717) is 0 Å². The largest absolute Gasteiger partial charge is 0.455 e. The van der Waals surface area contributed by atoms with Crippen LogP contribution in [0.3, 0.4) is 0 Å². The smallest absolute Gasteiger partial charge is 0.143 e. The predicted molar refractivity (Wildman–Crippen MR) is 183 cm³/mol. The highest BCUT2D eigenvalue weighted by molar-refractivity contribution is 6.25. The van der Waals surface area contributed by atoms with Gasteiger partial charge >= 0.3 is 0 Å². The minimum Gasteiger partial charge on any atom is -0.455 e. The van der Waals surface area contributed by atoms with E-state index in [-0.39, 0.29) is 0 Å². The lowest BCUT2D eigenvalue weighted by Gasteiger charge is -2.20. The monoisotopic (exact) mass is 571 g/mol. The Hall–Kier alpha value is -5.66. The molecular weight excluding hydrogens is 520 g/mol. The van der Waals surface area contributed by atoms with Crippen molar-refractivity contribution in [3.05, 3.63) is 157 Å². The molecule has 8 aromatic carbocycles. The fourth-order valence-corrected chi connectivity index (χ4v) is 5.27. The van der Waals surface area contributed by atoms with Gasteiger partial charge in [0, 0.05) is 21.9 Å². The average molecular weight is 572 g/mol. The van der Waals surface area contributed by atoms with Crippen molar-refractivity contribution in [2.24, 2.45) is 0 Å². The van der Waals surface area contributed by atoms with Gasteiger partial charge in [-0.15, -0.1) is 0 Å². The Labute approximate surface area is 284 Å². The maximum absolute atomic E-state index is 9.47. The number of benzene rings is 8. The molecule has 0 saturated carbocycles. The third kappa shape index (κ3) is 3.65. The van der Waals surface area contributed by atoms with Gasteiger partial charge in [-0.1, -0.05) is 145 Å². The summed E-state index contributed by atoms with van der Waals surface area (Å²) >= 11 is 0. The lowest BCUT2D eigenvalue weighted by Crippen LogP contribution is -1.93. The Morgan fingerprint density at radius 1 is 0.395 bits per heavy atom. The van der Waals surface area contributed by atoms with Gasteiger partial charge in [0.1, 0.15) is 11.2 Å². The Morgan fingerprint density at radius 3 is 1.72 bits per heavy atom. The van der Waals surface area contributed by atoms with Crippen molar-refractivity contribution in [1.82, 2.24) is 0 Å². The van der Waals surface area contributed by atoms with Gasteiger partial charge in [-0.25, -0.2) is 0 Å². The zero-order valence-corrected chi connectivity index (χ0v) is 21.5. The van der Waals surface area contributed by atoms with Gasteiger partial charge in [0.2, 0.25) is 0 Å². The molecule has 0 aliphatic heterocycles. The van der Waals surface area contributed by atoms with Crippen LogP contribution in [0.2, 0.25) is 0 Å². The molecule has 0 aliphatic rings. The predicted octanol–water partition coefficient (Wildman–Crippen LogP) is 12.0. The number of furan rings is 1. The van der Waals surface area contributed by atoms with Gasteiger partial charge < -0.3 is 4.42 Å². The van der Waals surface area contributed by atoms with Gasteiger partial charge in [-0.2, -0.15) is 0 Å². The molecule has 9 rings (SSSR count). The summed E-state index contributed by atoms with van der Waals surface area (Å²) in [6, 6.07) is -20.8. The molecule has 0 saturated heterocycles. The van der Waals surface area contributed by atoms with E-state index in [1.807, 2.05) is 0 Å². The first-order chi connectivity index (χ1) is 31.7. The molecule has 0 unspecified atom stereocenters. The first-order valence-electron chi connectivity index (χ1n) is 25.2. The quantitative estimate of drug-likeness (QED) is 0.192. The summed E-state index contributed by atoms with van der Waals surface area (Å²) in [5.41, 5.74) is -5.32. The molecule has 0 amide bonds. The summed E-state index contributed by atoms with van der Waals surface area (Å²) in [5.74, 6) is 0. The van der Waals surface area contributed by atoms with Crippen LogP contribution >= 0.6 is 0 Å². The molecule has 0 bridgehead atoms. The van der Waals surface area contributed by atoms with Crippen LogP contribution < -0.4 is 0 Å². The van der Waals surface area contributed by atoms with Crippen LogP contribution in [0, 0.1) is 0 Å². The first kappa shape index (κ1) is 9.97. The third-order valence-electron chi connectivity index (χ3n) is 7.05. The van der Waals surface area contributed by atoms with Crippen LogP contribution in [0.15, 0.2) is 162 Å². The topological polar surface area (TPSA) is 13.1 Å². The molecule has 0 atom stereocenters. The van der Waals surface area contributed by atoms with Crippen LogP contribution in [-0.4, -0.2) is 0 Å². The Morgan fingerprint density at radius 2 is 0.977 bits per heavy atom. The molecule has 1 heterocycles. The number of fused-ring (bicyclic) bond motifs is 6. The third-order valence-corrected chi connectivity index (χ3v) is 7.05. The molecule has 0 aliphatic carbocycles. The summed E-state index contributed by atoms with van der Waals surface area (Å²) < 4.78 is 230. The lowest BCUT2D eigenvalue weighted by atomic mass is 9.83. The minimum absolute atomic E-state index is 0.412. The number of para-hydroxylation sites is 2. The van der Waals surface area contributed by atoms with Crippen molar-refractivity contribution < 1.29 is 38.7 Å². The maximum atomic E-state index is 9.47. The highest BCUT2D eigenvalue weighted by Gasteiger charge is 2.21. The Balaban J connectivity index is 1.65. The Bertz CT molecular complexity index is 3830. The zero-order chi connectivity index (χ0) is 50.1. The normalized spacial score (nSPS) is 19.9. The summed E-state index contributed by atoms with van der Waals surface area (Å²) in [5, 5.41) is -4.78.